The van der Waals surface area contributed by atoms with E-state index >= 15 is 0 Å². The lowest BCUT2D eigenvalue weighted by molar-refractivity contribution is 0.305. The Labute approximate surface area is 141 Å². The molecule has 0 saturated heterocycles. The molecular formula is C18H15BrO4. The molecule has 0 bridgehead atoms. The Kier molecular flexibility index (Phi) is 4.39. The highest BCUT2D eigenvalue weighted by atomic mass is 79.9. The van der Waals surface area contributed by atoms with Crippen LogP contribution >= 0.6 is 15.9 Å². The van der Waals surface area contributed by atoms with Gasteiger partial charge in [-0.25, -0.2) is 4.79 Å². The number of fused-ring (bicyclic) bond motifs is 1. The maximum Gasteiger partial charge on any atom is 0.339 e. The third kappa shape index (κ3) is 3.24. The summed E-state index contributed by atoms with van der Waals surface area (Å²) in [7, 11) is 1.62. The summed E-state index contributed by atoms with van der Waals surface area (Å²) in [4.78, 5) is 11.8. The van der Waals surface area contributed by atoms with Gasteiger partial charge in [-0.05, 0) is 36.8 Å². The minimum Gasteiger partial charge on any atom is -0.497 e. The van der Waals surface area contributed by atoms with Gasteiger partial charge in [-0.15, -0.1) is 0 Å². The van der Waals surface area contributed by atoms with Crippen molar-refractivity contribution in [2.75, 3.05) is 7.11 Å². The van der Waals surface area contributed by atoms with Crippen molar-refractivity contribution in [2.45, 2.75) is 13.5 Å². The SMILES string of the molecule is COc1ccc(Br)c(COc2cc(=O)oc3c(C)cccc23)c1. The summed E-state index contributed by atoms with van der Waals surface area (Å²) in [6.45, 7) is 2.21. The molecule has 5 heteroatoms. The molecule has 0 spiro atoms. The molecule has 1 aromatic heterocycles. The first-order valence-corrected chi connectivity index (χ1v) is 7.86. The Morgan fingerprint density at radius 1 is 1.17 bits per heavy atom. The number of aryl methyl sites for hydroxylation is 1. The van der Waals surface area contributed by atoms with Gasteiger partial charge in [0, 0.05) is 10.0 Å². The zero-order chi connectivity index (χ0) is 16.4. The summed E-state index contributed by atoms with van der Waals surface area (Å²) in [5, 5.41) is 0.781. The molecule has 0 radical (unpaired) electrons. The molecule has 0 N–H and O–H groups in total. The van der Waals surface area contributed by atoms with Gasteiger partial charge in [0.15, 0.2) is 0 Å². The van der Waals surface area contributed by atoms with E-state index < -0.39 is 5.63 Å². The van der Waals surface area contributed by atoms with E-state index in [1.807, 2.05) is 43.3 Å². The van der Waals surface area contributed by atoms with E-state index in [0.29, 0.717) is 17.9 Å². The highest BCUT2D eigenvalue weighted by Gasteiger charge is 2.10. The van der Waals surface area contributed by atoms with Crippen LogP contribution in [-0.2, 0) is 6.61 Å². The van der Waals surface area contributed by atoms with Gasteiger partial charge < -0.3 is 13.9 Å². The molecule has 2 aromatic carbocycles. The standard InChI is InChI=1S/C18H15BrO4/c1-11-4-3-5-14-16(9-17(20)23-18(11)14)22-10-12-8-13(21-2)6-7-15(12)19/h3-9H,10H2,1-2H3. The lowest BCUT2D eigenvalue weighted by atomic mass is 10.1. The van der Waals surface area contributed by atoms with Gasteiger partial charge in [0.25, 0.3) is 0 Å². The maximum atomic E-state index is 11.8. The van der Waals surface area contributed by atoms with Crippen LogP contribution in [0.2, 0.25) is 0 Å². The van der Waals surface area contributed by atoms with Crippen LogP contribution in [0.4, 0.5) is 0 Å². The van der Waals surface area contributed by atoms with Crippen molar-refractivity contribution in [1.82, 2.24) is 0 Å². The monoisotopic (exact) mass is 374 g/mol. The Hall–Kier alpha value is -2.27. The Bertz CT molecular complexity index is 915. The molecule has 3 aromatic rings. The molecule has 0 aliphatic rings. The van der Waals surface area contributed by atoms with E-state index in [9.17, 15) is 4.79 Å². The number of rotatable bonds is 4. The lowest BCUT2D eigenvalue weighted by Gasteiger charge is -2.11. The largest absolute Gasteiger partial charge is 0.497 e. The van der Waals surface area contributed by atoms with Gasteiger partial charge in [-0.3, -0.25) is 0 Å². The number of methoxy groups -OCH3 is 1. The lowest BCUT2D eigenvalue weighted by Crippen LogP contribution is -2.03. The smallest absolute Gasteiger partial charge is 0.339 e. The highest BCUT2D eigenvalue weighted by molar-refractivity contribution is 9.10. The molecule has 0 aliphatic heterocycles. The van der Waals surface area contributed by atoms with Crippen molar-refractivity contribution in [3.8, 4) is 11.5 Å². The molecule has 4 nitrogen and oxygen atoms in total. The minimum absolute atomic E-state index is 0.310. The van der Waals surface area contributed by atoms with Crippen LogP contribution in [0.3, 0.4) is 0 Å². The zero-order valence-corrected chi connectivity index (χ0v) is 14.3. The number of hydrogen-bond acceptors (Lipinski definition) is 4. The third-order valence-corrected chi connectivity index (χ3v) is 4.34. The molecule has 0 unspecified atom stereocenters. The second-order valence-electron chi connectivity index (χ2n) is 5.13. The zero-order valence-electron chi connectivity index (χ0n) is 12.8. The van der Waals surface area contributed by atoms with Gasteiger partial charge in [-0.1, -0.05) is 28.1 Å². The molecule has 0 saturated carbocycles. The third-order valence-electron chi connectivity index (χ3n) is 3.57. The molecule has 0 aliphatic carbocycles. The van der Waals surface area contributed by atoms with E-state index in [0.717, 1.165) is 26.7 Å². The quantitative estimate of drug-likeness (QED) is 0.632. The molecule has 23 heavy (non-hydrogen) atoms. The van der Waals surface area contributed by atoms with Gasteiger partial charge in [0.05, 0.1) is 18.6 Å². The Morgan fingerprint density at radius 2 is 2.00 bits per heavy atom. The summed E-state index contributed by atoms with van der Waals surface area (Å²) in [5.41, 5.74) is 1.96. The van der Waals surface area contributed by atoms with Crippen molar-refractivity contribution >= 4 is 26.9 Å². The second-order valence-corrected chi connectivity index (χ2v) is 5.98. The number of hydrogen-bond donors (Lipinski definition) is 0. The topological polar surface area (TPSA) is 48.7 Å². The van der Waals surface area contributed by atoms with E-state index in [4.69, 9.17) is 13.9 Å². The molecule has 3 rings (SSSR count). The summed E-state index contributed by atoms with van der Waals surface area (Å²) < 4.78 is 17.3. The van der Waals surface area contributed by atoms with Crippen LogP contribution in [-0.4, -0.2) is 7.11 Å². The first kappa shape index (κ1) is 15.6. The maximum absolute atomic E-state index is 11.8. The van der Waals surface area contributed by atoms with Gasteiger partial charge in [0.1, 0.15) is 23.7 Å². The van der Waals surface area contributed by atoms with E-state index in [1.165, 1.54) is 6.07 Å². The minimum atomic E-state index is -0.425. The van der Waals surface area contributed by atoms with Crippen molar-refractivity contribution < 1.29 is 13.9 Å². The summed E-state index contributed by atoms with van der Waals surface area (Å²) in [6.07, 6.45) is 0. The second kappa shape index (κ2) is 6.46. The van der Waals surface area contributed by atoms with Crippen LogP contribution in [0.15, 0.2) is 56.1 Å². The van der Waals surface area contributed by atoms with Crippen molar-refractivity contribution in [2.24, 2.45) is 0 Å². The normalized spacial score (nSPS) is 10.7. The van der Waals surface area contributed by atoms with Crippen molar-refractivity contribution in [3.63, 3.8) is 0 Å². The van der Waals surface area contributed by atoms with Gasteiger partial charge >= 0.3 is 5.63 Å². The first-order chi connectivity index (χ1) is 11.1. The fraction of sp³-hybridized carbons (Fsp3) is 0.167. The number of benzene rings is 2. The van der Waals surface area contributed by atoms with Crippen molar-refractivity contribution in [1.29, 1.82) is 0 Å². The summed E-state index contributed by atoms with van der Waals surface area (Å²) >= 11 is 3.49. The molecule has 1 heterocycles. The fourth-order valence-electron chi connectivity index (χ4n) is 2.36. The van der Waals surface area contributed by atoms with Crippen LogP contribution in [0, 0.1) is 6.92 Å². The van der Waals surface area contributed by atoms with Crippen LogP contribution in [0.25, 0.3) is 11.0 Å². The Morgan fingerprint density at radius 3 is 2.78 bits per heavy atom. The molecular weight excluding hydrogens is 360 g/mol. The predicted octanol–water partition coefficient (Wildman–Crippen LogP) is 4.45. The molecule has 0 atom stereocenters. The molecule has 0 amide bonds. The van der Waals surface area contributed by atoms with E-state index in [-0.39, 0.29) is 0 Å². The fourth-order valence-corrected chi connectivity index (χ4v) is 2.72. The van der Waals surface area contributed by atoms with Crippen LogP contribution in [0.1, 0.15) is 11.1 Å². The van der Waals surface area contributed by atoms with Crippen molar-refractivity contribution in [3.05, 3.63) is 68.5 Å². The number of ether oxygens (including phenoxy) is 2. The number of para-hydroxylation sites is 1. The average Bonchev–Trinajstić information content (AvgIpc) is 2.55. The Balaban J connectivity index is 1.96. The van der Waals surface area contributed by atoms with Gasteiger partial charge in [0.2, 0.25) is 0 Å². The molecule has 0 fully saturated rings. The summed E-state index contributed by atoms with van der Waals surface area (Å²) in [5.74, 6) is 1.26. The molecule has 118 valence electrons. The average molecular weight is 375 g/mol. The van der Waals surface area contributed by atoms with Crippen LogP contribution < -0.4 is 15.1 Å². The first-order valence-electron chi connectivity index (χ1n) is 7.07. The van der Waals surface area contributed by atoms with Gasteiger partial charge in [-0.2, -0.15) is 0 Å². The highest BCUT2D eigenvalue weighted by Crippen LogP contribution is 2.28. The summed E-state index contributed by atoms with van der Waals surface area (Å²) in [6, 6.07) is 12.7. The van der Waals surface area contributed by atoms with Crippen LogP contribution in [0.5, 0.6) is 11.5 Å². The van der Waals surface area contributed by atoms with E-state index in [1.54, 1.807) is 7.11 Å². The number of halogens is 1. The van der Waals surface area contributed by atoms with E-state index in [2.05, 4.69) is 15.9 Å². The predicted molar refractivity (Wildman–Crippen MR) is 92.2 cm³/mol.